The standard InChI is InChI=1S/C19H23N3O2/c1-24-13-17(20)19(23)21-16-8-6-14(7-9-16)12-22-11-10-15-4-2-3-5-18(15)22/h2-9,17H,10-13,20H2,1H3,(H,21,23). The van der Waals surface area contributed by atoms with Gasteiger partial charge in [-0.3, -0.25) is 4.79 Å². The second-order valence-corrected chi connectivity index (χ2v) is 6.05. The van der Waals surface area contributed by atoms with Crippen LogP contribution in [0.4, 0.5) is 11.4 Å². The maximum Gasteiger partial charge on any atom is 0.243 e. The van der Waals surface area contributed by atoms with Crippen molar-refractivity contribution in [2.75, 3.05) is 30.5 Å². The molecule has 126 valence electrons. The second-order valence-electron chi connectivity index (χ2n) is 6.05. The fraction of sp³-hybridized carbons (Fsp3) is 0.316. The molecule has 3 rings (SSSR count). The molecule has 1 amide bonds. The maximum atomic E-state index is 11.9. The maximum absolute atomic E-state index is 11.9. The van der Waals surface area contributed by atoms with Crippen LogP contribution in [0.5, 0.6) is 0 Å². The number of fused-ring (bicyclic) bond motifs is 1. The number of anilines is 2. The average Bonchev–Trinajstić information content (AvgIpc) is 3.00. The van der Waals surface area contributed by atoms with Crippen molar-refractivity contribution in [1.82, 2.24) is 0 Å². The van der Waals surface area contributed by atoms with Crippen molar-refractivity contribution >= 4 is 17.3 Å². The normalized spacial score (nSPS) is 14.3. The molecule has 24 heavy (non-hydrogen) atoms. The van der Waals surface area contributed by atoms with E-state index in [4.69, 9.17) is 10.5 Å². The molecule has 0 bridgehead atoms. The van der Waals surface area contributed by atoms with Crippen molar-refractivity contribution in [2.24, 2.45) is 5.73 Å². The Morgan fingerprint density at radius 1 is 1.25 bits per heavy atom. The molecule has 0 fully saturated rings. The van der Waals surface area contributed by atoms with Crippen LogP contribution >= 0.6 is 0 Å². The largest absolute Gasteiger partial charge is 0.383 e. The van der Waals surface area contributed by atoms with Gasteiger partial charge in [-0.05, 0) is 35.7 Å². The third-order valence-corrected chi connectivity index (χ3v) is 4.26. The Hall–Kier alpha value is -2.37. The Kier molecular flexibility index (Phi) is 5.13. The number of hydrogen-bond donors (Lipinski definition) is 2. The molecule has 1 unspecified atom stereocenters. The molecule has 0 radical (unpaired) electrons. The molecule has 1 heterocycles. The van der Waals surface area contributed by atoms with Crippen LogP contribution in [0.3, 0.4) is 0 Å². The first-order chi connectivity index (χ1) is 11.7. The van der Waals surface area contributed by atoms with E-state index in [-0.39, 0.29) is 12.5 Å². The number of para-hydroxylation sites is 1. The van der Waals surface area contributed by atoms with Crippen LogP contribution < -0.4 is 16.0 Å². The van der Waals surface area contributed by atoms with Crippen molar-refractivity contribution in [3.63, 3.8) is 0 Å². The summed E-state index contributed by atoms with van der Waals surface area (Å²) in [7, 11) is 1.53. The van der Waals surface area contributed by atoms with Crippen LogP contribution in [0.2, 0.25) is 0 Å². The first-order valence-corrected chi connectivity index (χ1v) is 8.14. The van der Waals surface area contributed by atoms with E-state index in [1.165, 1.54) is 23.9 Å². The number of hydrogen-bond acceptors (Lipinski definition) is 4. The van der Waals surface area contributed by atoms with Crippen LogP contribution in [0.15, 0.2) is 48.5 Å². The van der Waals surface area contributed by atoms with Gasteiger partial charge in [-0.15, -0.1) is 0 Å². The van der Waals surface area contributed by atoms with Crippen LogP contribution in [-0.2, 0) is 22.5 Å². The minimum absolute atomic E-state index is 0.207. The van der Waals surface area contributed by atoms with Gasteiger partial charge in [0.15, 0.2) is 0 Å². The summed E-state index contributed by atoms with van der Waals surface area (Å²) in [5.41, 5.74) is 10.4. The summed E-state index contributed by atoms with van der Waals surface area (Å²) in [4.78, 5) is 14.3. The fourth-order valence-electron chi connectivity index (χ4n) is 2.97. The lowest BCUT2D eigenvalue weighted by Gasteiger charge is -2.19. The molecular weight excluding hydrogens is 302 g/mol. The molecule has 1 aliphatic rings. The topological polar surface area (TPSA) is 67.6 Å². The van der Waals surface area contributed by atoms with E-state index in [0.29, 0.717) is 0 Å². The van der Waals surface area contributed by atoms with Gasteiger partial charge in [-0.1, -0.05) is 30.3 Å². The third kappa shape index (κ3) is 3.75. The van der Waals surface area contributed by atoms with Crippen LogP contribution in [0.1, 0.15) is 11.1 Å². The predicted molar refractivity (Wildman–Crippen MR) is 96.1 cm³/mol. The summed E-state index contributed by atoms with van der Waals surface area (Å²) in [5, 5.41) is 2.81. The van der Waals surface area contributed by atoms with E-state index in [1.807, 2.05) is 24.3 Å². The van der Waals surface area contributed by atoms with Crippen molar-refractivity contribution < 1.29 is 9.53 Å². The highest BCUT2D eigenvalue weighted by molar-refractivity contribution is 5.94. The number of rotatable bonds is 6. The van der Waals surface area contributed by atoms with Gasteiger partial charge in [0.1, 0.15) is 6.04 Å². The summed E-state index contributed by atoms with van der Waals surface area (Å²) < 4.78 is 4.89. The van der Waals surface area contributed by atoms with Crippen LogP contribution in [0.25, 0.3) is 0 Å². The molecule has 3 N–H and O–H groups in total. The van der Waals surface area contributed by atoms with Crippen molar-refractivity contribution in [2.45, 2.75) is 19.0 Å². The van der Waals surface area contributed by atoms with Gasteiger partial charge >= 0.3 is 0 Å². The summed E-state index contributed by atoms with van der Waals surface area (Å²) in [5.74, 6) is -0.238. The van der Waals surface area contributed by atoms with E-state index < -0.39 is 6.04 Å². The highest BCUT2D eigenvalue weighted by Crippen LogP contribution is 2.28. The third-order valence-electron chi connectivity index (χ3n) is 4.26. The van der Waals surface area contributed by atoms with Gasteiger partial charge in [-0.2, -0.15) is 0 Å². The number of amides is 1. The highest BCUT2D eigenvalue weighted by atomic mass is 16.5. The Morgan fingerprint density at radius 2 is 2.00 bits per heavy atom. The lowest BCUT2D eigenvalue weighted by molar-refractivity contribution is -0.118. The summed E-state index contributed by atoms with van der Waals surface area (Å²) >= 11 is 0. The van der Waals surface area contributed by atoms with Crippen molar-refractivity contribution in [1.29, 1.82) is 0 Å². The number of ether oxygens (including phenoxy) is 1. The molecule has 0 spiro atoms. The Bertz CT molecular complexity index is 700. The second kappa shape index (κ2) is 7.47. The molecule has 0 saturated carbocycles. The van der Waals surface area contributed by atoms with Crippen molar-refractivity contribution in [3.8, 4) is 0 Å². The molecular formula is C19H23N3O2. The van der Waals surface area contributed by atoms with Gasteiger partial charge in [0, 0.05) is 31.6 Å². The first-order valence-electron chi connectivity index (χ1n) is 8.14. The van der Waals surface area contributed by atoms with Gasteiger partial charge in [0.2, 0.25) is 5.91 Å². The smallest absolute Gasteiger partial charge is 0.243 e. The summed E-state index contributed by atoms with van der Waals surface area (Å²) in [6.45, 7) is 2.12. The zero-order valence-electron chi connectivity index (χ0n) is 13.9. The Balaban J connectivity index is 1.60. The zero-order valence-corrected chi connectivity index (χ0v) is 13.9. The number of nitrogens with two attached hydrogens (primary N) is 1. The van der Waals surface area contributed by atoms with Gasteiger partial charge < -0.3 is 20.7 Å². The monoisotopic (exact) mass is 325 g/mol. The van der Waals surface area contributed by atoms with Crippen LogP contribution in [-0.4, -0.2) is 32.2 Å². The molecule has 5 nitrogen and oxygen atoms in total. The molecule has 1 atom stereocenters. The Labute approximate surface area is 142 Å². The minimum atomic E-state index is -0.657. The summed E-state index contributed by atoms with van der Waals surface area (Å²) in [6, 6.07) is 15.8. The van der Waals surface area contributed by atoms with E-state index >= 15 is 0 Å². The SMILES string of the molecule is COCC(N)C(=O)Nc1ccc(CN2CCc3ccccc32)cc1. The highest BCUT2D eigenvalue weighted by Gasteiger charge is 2.18. The van der Waals surface area contributed by atoms with E-state index in [9.17, 15) is 4.79 Å². The number of carbonyl (C=O) groups excluding carboxylic acids is 1. The molecule has 5 heteroatoms. The van der Waals surface area contributed by atoms with Crippen LogP contribution in [0, 0.1) is 0 Å². The lowest BCUT2D eigenvalue weighted by atomic mass is 10.1. The molecule has 1 aliphatic heterocycles. The molecule has 2 aromatic carbocycles. The number of carbonyl (C=O) groups is 1. The molecule has 0 saturated heterocycles. The van der Waals surface area contributed by atoms with E-state index in [1.54, 1.807) is 0 Å². The quantitative estimate of drug-likeness (QED) is 0.854. The van der Waals surface area contributed by atoms with Gasteiger partial charge in [-0.25, -0.2) is 0 Å². The Morgan fingerprint density at radius 3 is 2.75 bits per heavy atom. The average molecular weight is 325 g/mol. The number of nitrogens with one attached hydrogen (secondary N) is 1. The number of benzene rings is 2. The van der Waals surface area contributed by atoms with E-state index in [2.05, 4.69) is 34.5 Å². The van der Waals surface area contributed by atoms with Crippen molar-refractivity contribution in [3.05, 3.63) is 59.7 Å². The summed E-state index contributed by atoms with van der Waals surface area (Å²) in [6.07, 6.45) is 1.10. The first kappa shape index (κ1) is 16.5. The molecule has 0 aliphatic carbocycles. The lowest BCUT2D eigenvalue weighted by Crippen LogP contribution is -2.39. The zero-order chi connectivity index (χ0) is 16.9. The van der Waals surface area contributed by atoms with Gasteiger partial charge in [0.25, 0.3) is 0 Å². The fourth-order valence-corrected chi connectivity index (χ4v) is 2.97. The number of nitrogens with zero attached hydrogens (tertiary/aromatic N) is 1. The van der Waals surface area contributed by atoms with Gasteiger partial charge in [0.05, 0.1) is 6.61 Å². The molecule has 0 aromatic heterocycles. The van der Waals surface area contributed by atoms with E-state index in [0.717, 1.165) is 25.2 Å². The minimum Gasteiger partial charge on any atom is -0.383 e. The number of methoxy groups -OCH3 is 1. The predicted octanol–water partition coefficient (Wildman–Crippen LogP) is 2.16. The molecule has 2 aromatic rings.